The van der Waals surface area contributed by atoms with Gasteiger partial charge >= 0.3 is 0 Å². The maximum absolute atomic E-state index is 13.3. The third kappa shape index (κ3) is 4.46. The molecule has 1 atom stereocenters. The average Bonchev–Trinajstić information content (AvgIpc) is 3.18. The molecular weight excluding hydrogens is 422 g/mol. The van der Waals surface area contributed by atoms with Gasteiger partial charge in [-0.05, 0) is 42.7 Å². The van der Waals surface area contributed by atoms with Crippen LogP contribution in [0.15, 0.2) is 42.0 Å². The summed E-state index contributed by atoms with van der Waals surface area (Å²) in [6.07, 6.45) is 0.325. The number of ether oxygens (including phenoxy) is 4. The largest absolute Gasteiger partial charge is 0.493 e. The number of Topliss-reactive ketones (excluding diaryl/α,β-unsaturated/α-hetero) is 1. The van der Waals surface area contributed by atoms with Gasteiger partial charge in [0.05, 0.1) is 32.9 Å². The maximum atomic E-state index is 13.3. The quantitative estimate of drug-likeness (QED) is 0.600. The fourth-order valence-electron chi connectivity index (χ4n) is 4.45. The Balaban J connectivity index is 1.47. The first-order valence-corrected chi connectivity index (χ1v) is 11.0. The Hall–Kier alpha value is -3.32. The number of morpholine rings is 1. The minimum absolute atomic E-state index is 0.0420. The number of benzene rings is 2. The summed E-state index contributed by atoms with van der Waals surface area (Å²) in [6, 6.07) is 11.5. The molecule has 2 aliphatic rings. The van der Waals surface area contributed by atoms with Crippen molar-refractivity contribution in [2.45, 2.75) is 26.4 Å². The van der Waals surface area contributed by atoms with Crippen LogP contribution in [0.5, 0.6) is 17.2 Å². The number of allylic oxidation sites excluding steroid dienone is 1. The summed E-state index contributed by atoms with van der Waals surface area (Å²) < 4.78 is 22.7. The van der Waals surface area contributed by atoms with Crippen LogP contribution >= 0.6 is 0 Å². The Morgan fingerprint density at radius 2 is 1.88 bits per heavy atom. The van der Waals surface area contributed by atoms with E-state index in [0.29, 0.717) is 48.9 Å². The number of carbonyl (C=O) groups excluding carboxylic acids is 2. The molecule has 2 aromatic carbocycles. The molecule has 0 N–H and O–H groups in total. The fourth-order valence-corrected chi connectivity index (χ4v) is 4.45. The highest BCUT2D eigenvalue weighted by Crippen LogP contribution is 2.40. The summed E-state index contributed by atoms with van der Waals surface area (Å²) >= 11 is 0. The molecule has 2 aromatic rings. The van der Waals surface area contributed by atoms with Gasteiger partial charge in [0.25, 0.3) is 5.91 Å². The standard InChI is InChI=1S/C26H29NO6/c1-16-20-8-6-5-7-18(20)13-22(16)26(29)27-11-12-32-19(14-27)15-33-24-21(17(2)28)9-10-23(30-3)25(24)31-4/h5-10,19H,11-15H2,1-4H3. The van der Waals surface area contributed by atoms with Crippen LogP contribution in [0.25, 0.3) is 5.57 Å². The topological polar surface area (TPSA) is 74.3 Å². The molecule has 1 saturated heterocycles. The predicted molar refractivity (Wildman–Crippen MR) is 124 cm³/mol. The Morgan fingerprint density at radius 1 is 1.09 bits per heavy atom. The smallest absolute Gasteiger partial charge is 0.250 e. The van der Waals surface area contributed by atoms with E-state index in [1.165, 1.54) is 26.7 Å². The van der Waals surface area contributed by atoms with Crippen molar-refractivity contribution in [1.82, 2.24) is 4.90 Å². The van der Waals surface area contributed by atoms with E-state index in [1.54, 1.807) is 12.1 Å². The Kier molecular flexibility index (Phi) is 6.70. The Bertz CT molecular complexity index is 1110. The van der Waals surface area contributed by atoms with E-state index in [2.05, 4.69) is 12.1 Å². The number of hydrogen-bond acceptors (Lipinski definition) is 6. The number of nitrogens with zero attached hydrogens (tertiary/aromatic N) is 1. The van der Waals surface area contributed by atoms with Crippen molar-refractivity contribution in [2.75, 3.05) is 40.5 Å². The second-order valence-electron chi connectivity index (χ2n) is 8.23. The van der Waals surface area contributed by atoms with Gasteiger partial charge in [-0.3, -0.25) is 9.59 Å². The zero-order chi connectivity index (χ0) is 23.5. The van der Waals surface area contributed by atoms with Gasteiger partial charge in [0.2, 0.25) is 5.75 Å². The van der Waals surface area contributed by atoms with Gasteiger partial charge < -0.3 is 23.8 Å². The zero-order valence-electron chi connectivity index (χ0n) is 19.5. The second kappa shape index (κ2) is 9.67. The minimum atomic E-state index is -0.330. The molecule has 0 spiro atoms. The number of methoxy groups -OCH3 is 2. The van der Waals surface area contributed by atoms with Crippen LogP contribution in [0.2, 0.25) is 0 Å². The summed E-state index contributed by atoms with van der Waals surface area (Å²) in [4.78, 5) is 27.3. The number of hydrogen-bond donors (Lipinski definition) is 0. The van der Waals surface area contributed by atoms with Crippen LogP contribution in [0, 0.1) is 0 Å². The van der Waals surface area contributed by atoms with E-state index in [1.807, 2.05) is 24.0 Å². The number of ketones is 1. The highest BCUT2D eigenvalue weighted by atomic mass is 16.6. The van der Waals surface area contributed by atoms with E-state index >= 15 is 0 Å². The van der Waals surface area contributed by atoms with Gasteiger partial charge in [-0.15, -0.1) is 0 Å². The first-order chi connectivity index (χ1) is 15.9. The van der Waals surface area contributed by atoms with Crippen molar-refractivity contribution in [2.24, 2.45) is 0 Å². The molecule has 0 radical (unpaired) electrons. The predicted octanol–water partition coefficient (Wildman–Crippen LogP) is 3.54. The van der Waals surface area contributed by atoms with E-state index in [-0.39, 0.29) is 24.4 Å². The number of amides is 1. The van der Waals surface area contributed by atoms with Crippen molar-refractivity contribution >= 4 is 17.3 Å². The normalized spacial score (nSPS) is 17.6. The van der Waals surface area contributed by atoms with Crippen LogP contribution in [-0.2, 0) is 16.0 Å². The molecular formula is C26H29NO6. The van der Waals surface area contributed by atoms with Gasteiger partial charge in [-0.25, -0.2) is 0 Å². The van der Waals surface area contributed by atoms with Crippen molar-refractivity contribution in [3.63, 3.8) is 0 Å². The summed E-state index contributed by atoms with van der Waals surface area (Å²) in [6.45, 7) is 5.02. The number of fused-ring (bicyclic) bond motifs is 1. The first kappa shape index (κ1) is 22.9. The fraction of sp³-hybridized carbons (Fsp3) is 0.385. The van der Waals surface area contributed by atoms with Crippen molar-refractivity contribution in [1.29, 1.82) is 0 Å². The van der Waals surface area contributed by atoms with Crippen molar-refractivity contribution in [3.8, 4) is 17.2 Å². The molecule has 0 saturated carbocycles. The van der Waals surface area contributed by atoms with Gasteiger partial charge in [0.15, 0.2) is 17.3 Å². The molecule has 0 bridgehead atoms. The summed E-state index contributed by atoms with van der Waals surface area (Å²) in [5.74, 6) is 1.05. The molecule has 7 heteroatoms. The lowest BCUT2D eigenvalue weighted by Gasteiger charge is -2.33. The monoisotopic (exact) mass is 451 g/mol. The lowest BCUT2D eigenvalue weighted by Crippen LogP contribution is -2.48. The zero-order valence-corrected chi connectivity index (χ0v) is 19.5. The van der Waals surface area contributed by atoms with E-state index < -0.39 is 0 Å². The molecule has 4 rings (SSSR count). The molecule has 1 aliphatic carbocycles. The third-order valence-corrected chi connectivity index (χ3v) is 6.22. The highest BCUT2D eigenvalue weighted by Gasteiger charge is 2.31. The van der Waals surface area contributed by atoms with Crippen LogP contribution in [0.3, 0.4) is 0 Å². The van der Waals surface area contributed by atoms with Crippen LogP contribution < -0.4 is 14.2 Å². The van der Waals surface area contributed by atoms with Gasteiger partial charge in [-0.2, -0.15) is 0 Å². The second-order valence-corrected chi connectivity index (χ2v) is 8.23. The molecule has 7 nitrogen and oxygen atoms in total. The molecule has 1 aliphatic heterocycles. The molecule has 1 amide bonds. The van der Waals surface area contributed by atoms with Gasteiger partial charge in [0.1, 0.15) is 12.7 Å². The minimum Gasteiger partial charge on any atom is -0.493 e. The van der Waals surface area contributed by atoms with Crippen LogP contribution in [-0.4, -0.2) is 63.2 Å². The van der Waals surface area contributed by atoms with Crippen molar-refractivity contribution < 1.29 is 28.5 Å². The molecule has 1 heterocycles. The van der Waals surface area contributed by atoms with Gasteiger partial charge in [-0.1, -0.05) is 24.3 Å². The van der Waals surface area contributed by atoms with E-state index in [0.717, 1.165) is 16.7 Å². The Labute approximate surface area is 193 Å². The first-order valence-electron chi connectivity index (χ1n) is 11.0. The number of rotatable bonds is 7. The number of carbonyl (C=O) groups is 2. The van der Waals surface area contributed by atoms with Crippen molar-refractivity contribution in [3.05, 3.63) is 58.7 Å². The van der Waals surface area contributed by atoms with E-state index in [9.17, 15) is 9.59 Å². The molecule has 174 valence electrons. The summed E-state index contributed by atoms with van der Waals surface area (Å²) in [7, 11) is 3.03. The SMILES string of the molecule is COc1ccc(C(C)=O)c(OCC2CN(C(=O)C3=C(C)c4ccccc4C3)CCO2)c1OC. The lowest BCUT2D eigenvalue weighted by molar-refractivity contribution is -0.135. The van der Waals surface area contributed by atoms with Crippen LogP contribution in [0.1, 0.15) is 35.3 Å². The molecule has 0 aromatic heterocycles. The highest BCUT2D eigenvalue weighted by molar-refractivity contribution is 6.03. The summed E-state index contributed by atoms with van der Waals surface area (Å²) in [5.41, 5.74) is 4.62. The maximum Gasteiger partial charge on any atom is 0.250 e. The molecule has 33 heavy (non-hydrogen) atoms. The van der Waals surface area contributed by atoms with Gasteiger partial charge in [0, 0.05) is 18.5 Å². The Morgan fingerprint density at radius 3 is 2.58 bits per heavy atom. The van der Waals surface area contributed by atoms with E-state index in [4.69, 9.17) is 18.9 Å². The third-order valence-electron chi connectivity index (χ3n) is 6.22. The average molecular weight is 452 g/mol. The summed E-state index contributed by atoms with van der Waals surface area (Å²) in [5, 5.41) is 0. The van der Waals surface area contributed by atoms with Crippen LogP contribution in [0.4, 0.5) is 0 Å². The molecule has 1 unspecified atom stereocenters. The molecule has 1 fully saturated rings. The lowest BCUT2D eigenvalue weighted by atomic mass is 10.1.